The summed E-state index contributed by atoms with van der Waals surface area (Å²) >= 11 is 0. The third-order valence-corrected chi connectivity index (χ3v) is 8.14. The minimum Gasteiger partial charge on any atom is -0.479 e. The molecule has 2 aromatic rings. The van der Waals surface area contributed by atoms with Gasteiger partial charge in [0.2, 0.25) is 15.9 Å². The normalized spacial score (nSPS) is 21.0. The Morgan fingerprint density at radius 3 is 2.79 bits per heavy atom. The molecule has 2 heterocycles. The zero-order chi connectivity index (χ0) is 23.8. The molecular formula is C24H29N3O5S. The summed E-state index contributed by atoms with van der Waals surface area (Å²) in [6.07, 6.45) is 0.545. The van der Waals surface area contributed by atoms with Gasteiger partial charge in [-0.25, -0.2) is 8.42 Å². The van der Waals surface area contributed by atoms with Gasteiger partial charge in [-0.15, -0.1) is 0 Å². The summed E-state index contributed by atoms with van der Waals surface area (Å²) in [7, 11) is -3.84. The molecule has 2 aliphatic heterocycles. The van der Waals surface area contributed by atoms with Crippen molar-refractivity contribution in [1.29, 1.82) is 0 Å². The molecule has 2 aromatic carbocycles. The highest BCUT2D eigenvalue weighted by Gasteiger charge is 2.35. The highest BCUT2D eigenvalue weighted by atomic mass is 32.2. The van der Waals surface area contributed by atoms with E-state index in [2.05, 4.69) is 10.6 Å². The Morgan fingerprint density at radius 2 is 2.03 bits per heavy atom. The molecule has 0 bridgehead atoms. The lowest BCUT2D eigenvalue weighted by Crippen LogP contribution is -2.45. The molecule has 0 aliphatic carbocycles. The molecule has 33 heavy (non-hydrogen) atoms. The third-order valence-electron chi connectivity index (χ3n) is 6.13. The first-order valence-electron chi connectivity index (χ1n) is 11.1. The van der Waals surface area contributed by atoms with Gasteiger partial charge in [-0.2, -0.15) is 4.31 Å². The van der Waals surface area contributed by atoms with Crippen molar-refractivity contribution in [3.05, 3.63) is 53.1 Å². The lowest BCUT2D eigenvalue weighted by atomic mass is 9.98. The predicted octanol–water partition coefficient (Wildman–Crippen LogP) is 2.74. The Bertz CT molecular complexity index is 1190. The first-order valence-corrected chi connectivity index (χ1v) is 12.5. The third kappa shape index (κ3) is 4.89. The first kappa shape index (κ1) is 23.3. The van der Waals surface area contributed by atoms with E-state index in [0.717, 1.165) is 11.1 Å². The van der Waals surface area contributed by atoms with Crippen molar-refractivity contribution in [2.75, 3.05) is 18.4 Å². The van der Waals surface area contributed by atoms with Crippen molar-refractivity contribution in [2.24, 2.45) is 5.92 Å². The van der Waals surface area contributed by atoms with Crippen LogP contribution in [-0.4, -0.2) is 43.7 Å². The number of hydrogen-bond acceptors (Lipinski definition) is 5. The standard InChI is InChI=1S/C24H29N3O5S/c1-15-6-4-7-18(10-15)13-25-24(29)19-8-5-9-27(14-19)33(30,31)22-12-21-20(11-16(22)2)26-23(28)17(3)32-21/h4,6-7,10-12,17,19H,5,8-9,13-14H2,1-3H3,(H,25,29)(H,26,28)/t17-,19-/m1/s1. The maximum Gasteiger partial charge on any atom is 0.265 e. The second-order valence-electron chi connectivity index (χ2n) is 8.77. The number of nitrogens with zero attached hydrogens (tertiary/aromatic N) is 1. The van der Waals surface area contributed by atoms with Crippen LogP contribution < -0.4 is 15.4 Å². The molecule has 0 radical (unpaired) electrons. The van der Waals surface area contributed by atoms with Gasteiger partial charge in [-0.1, -0.05) is 29.8 Å². The van der Waals surface area contributed by atoms with E-state index in [0.29, 0.717) is 42.9 Å². The van der Waals surface area contributed by atoms with Crippen LogP contribution >= 0.6 is 0 Å². The molecule has 9 heteroatoms. The number of carbonyl (C=O) groups is 2. The fraction of sp³-hybridized carbons (Fsp3) is 0.417. The predicted molar refractivity (Wildman–Crippen MR) is 124 cm³/mol. The van der Waals surface area contributed by atoms with Crippen LogP contribution in [0.2, 0.25) is 0 Å². The van der Waals surface area contributed by atoms with Crippen molar-refractivity contribution in [1.82, 2.24) is 9.62 Å². The fourth-order valence-corrected chi connectivity index (χ4v) is 6.04. The van der Waals surface area contributed by atoms with Crippen molar-refractivity contribution >= 4 is 27.5 Å². The maximum atomic E-state index is 13.5. The largest absolute Gasteiger partial charge is 0.479 e. The van der Waals surface area contributed by atoms with Gasteiger partial charge >= 0.3 is 0 Å². The number of ether oxygens (including phenoxy) is 1. The molecule has 2 aliphatic rings. The molecule has 0 saturated carbocycles. The minimum atomic E-state index is -3.84. The van der Waals surface area contributed by atoms with Gasteiger partial charge in [-0.05, 0) is 50.8 Å². The average molecular weight is 472 g/mol. The number of carbonyl (C=O) groups excluding carboxylic acids is 2. The topological polar surface area (TPSA) is 105 Å². The van der Waals surface area contributed by atoms with Crippen LogP contribution in [0.15, 0.2) is 41.3 Å². The number of fused-ring (bicyclic) bond motifs is 1. The van der Waals surface area contributed by atoms with Gasteiger partial charge in [0.15, 0.2) is 6.10 Å². The zero-order valence-electron chi connectivity index (χ0n) is 19.1. The summed E-state index contributed by atoms with van der Waals surface area (Å²) in [4.78, 5) is 24.8. The number of hydrogen-bond donors (Lipinski definition) is 2. The monoisotopic (exact) mass is 471 g/mol. The Labute approximate surface area is 194 Å². The van der Waals surface area contributed by atoms with Crippen molar-refractivity contribution in [3.8, 4) is 5.75 Å². The number of aryl methyl sites for hydroxylation is 2. The van der Waals surface area contributed by atoms with E-state index in [4.69, 9.17) is 4.74 Å². The Balaban J connectivity index is 1.49. The summed E-state index contributed by atoms with van der Waals surface area (Å²) in [5, 5.41) is 5.68. The molecule has 0 unspecified atom stereocenters. The molecule has 176 valence electrons. The van der Waals surface area contributed by atoms with E-state index < -0.39 is 22.0 Å². The second kappa shape index (κ2) is 9.15. The number of sulfonamides is 1. The smallest absolute Gasteiger partial charge is 0.265 e. The summed E-state index contributed by atoms with van der Waals surface area (Å²) < 4.78 is 33.9. The van der Waals surface area contributed by atoms with Crippen LogP contribution in [0.4, 0.5) is 5.69 Å². The fourth-order valence-electron chi connectivity index (χ4n) is 4.29. The van der Waals surface area contributed by atoms with Gasteiger partial charge in [0.1, 0.15) is 5.75 Å². The van der Waals surface area contributed by atoms with Gasteiger partial charge in [0, 0.05) is 25.7 Å². The molecular weight excluding hydrogens is 442 g/mol. The summed E-state index contributed by atoms with van der Waals surface area (Å²) in [5.41, 5.74) is 3.10. The number of rotatable bonds is 5. The van der Waals surface area contributed by atoms with Crippen molar-refractivity contribution in [2.45, 2.75) is 51.2 Å². The second-order valence-corrected chi connectivity index (χ2v) is 10.7. The lowest BCUT2D eigenvalue weighted by molar-refractivity contribution is -0.126. The summed E-state index contributed by atoms with van der Waals surface area (Å²) in [6.45, 7) is 6.19. The Morgan fingerprint density at radius 1 is 1.24 bits per heavy atom. The lowest BCUT2D eigenvalue weighted by Gasteiger charge is -2.32. The zero-order valence-corrected chi connectivity index (χ0v) is 19.9. The molecule has 4 rings (SSSR count). The van der Waals surface area contributed by atoms with Crippen LogP contribution in [0.25, 0.3) is 0 Å². The number of amides is 2. The molecule has 2 atom stereocenters. The summed E-state index contributed by atoms with van der Waals surface area (Å²) in [6, 6.07) is 11.0. The van der Waals surface area contributed by atoms with Gasteiger partial charge < -0.3 is 15.4 Å². The number of benzene rings is 2. The molecule has 2 amide bonds. The van der Waals surface area contributed by atoms with E-state index in [1.54, 1.807) is 19.9 Å². The first-order chi connectivity index (χ1) is 15.6. The van der Waals surface area contributed by atoms with Gasteiger partial charge in [0.25, 0.3) is 5.91 Å². The van der Waals surface area contributed by atoms with E-state index >= 15 is 0 Å². The quantitative estimate of drug-likeness (QED) is 0.698. The van der Waals surface area contributed by atoms with Crippen LogP contribution in [-0.2, 0) is 26.2 Å². The van der Waals surface area contributed by atoms with Crippen LogP contribution in [0.1, 0.15) is 36.5 Å². The SMILES string of the molecule is Cc1cccc(CNC(=O)[C@@H]2CCCN(S(=O)(=O)c3cc4c(cc3C)NC(=O)[C@@H](C)O4)C2)c1. The van der Waals surface area contributed by atoms with Crippen molar-refractivity contribution < 1.29 is 22.7 Å². The molecule has 8 nitrogen and oxygen atoms in total. The van der Waals surface area contributed by atoms with E-state index in [1.807, 2.05) is 31.2 Å². The number of nitrogens with one attached hydrogen (secondary N) is 2. The Hall–Kier alpha value is -2.91. The van der Waals surface area contributed by atoms with Crippen LogP contribution in [0.5, 0.6) is 5.75 Å². The molecule has 1 saturated heterocycles. The van der Waals surface area contributed by atoms with E-state index in [1.165, 1.54) is 10.4 Å². The molecule has 0 spiro atoms. The average Bonchev–Trinajstić information content (AvgIpc) is 2.78. The van der Waals surface area contributed by atoms with E-state index in [9.17, 15) is 18.0 Å². The van der Waals surface area contributed by atoms with Crippen LogP contribution in [0.3, 0.4) is 0 Å². The van der Waals surface area contributed by atoms with E-state index in [-0.39, 0.29) is 23.3 Å². The van der Waals surface area contributed by atoms with Gasteiger partial charge in [-0.3, -0.25) is 9.59 Å². The summed E-state index contributed by atoms with van der Waals surface area (Å²) in [5.74, 6) is -0.492. The van der Waals surface area contributed by atoms with Crippen molar-refractivity contribution in [3.63, 3.8) is 0 Å². The number of piperidine rings is 1. The minimum absolute atomic E-state index is 0.130. The highest BCUT2D eigenvalue weighted by molar-refractivity contribution is 7.89. The number of anilines is 1. The van der Waals surface area contributed by atoms with Gasteiger partial charge in [0.05, 0.1) is 16.5 Å². The van der Waals surface area contributed by atoms with Crippen LogP contribution in [0, 0.1) is 19.8 Å². The Kier molecular flexibility index (Phi) is 6.45. The highest BCUT2D eigenvalue weighted by Crippen LogP contribution is 2.36. The molecule has 2 N–H and O–H groups in total. The molecule has 0 aromatic heterocycles. The molecule has 1 fully saturated rings. The maximum absolute atomic E-state index is 13.5.